The molecule has 0 aliphatic carbocycles. The predicted octanol–water partition coefficient (Wildman–Crippen LogP) is 15.8. The van der Waals surface area contributed by atoms with Crippen molar-refractivity contribution in [2.24, 2.45) is 0 Å². The maximum Gasteiger partial charge on any atom is 0.256 e. The van der Waals surface area contributed by atoms with E-state index >= 15 is 0 Å². The first kappa shape index (κ1) is 45.2. The van der Waals surface area contributed by atoms with Crippen LogP contribution in [0.15, 0.2) is 12.4 Å². The molecule has 1 aromatic rings. The number of hydrogen-bond acceptors (Lipinski definition) is 0. The average Bonchev–Trinajstić information content (AvgIpc) is 3.48. The average molecular weight is 672 g/mol. The van der Waals surface area contributed by atoms with Crippen molar-refractivity contribution in [1.29, 1.82) is 0 Å². The highest BCUT2D eigenvalue weighted by atomic mass is 15.1. The third-order valence-electron chi connectivity index (χ3n) is 11.1. The Balaban J connectivity index is 2.16. The molecule has 0 aliphatic rings. The molecular weight excluding hydrogens is 581 g/mol. The fourth-order valence-corrected chi connectivity index (χ4v) is 7.74. The zero-order chi connectivity index (χ0) is 34.4. The first-order valence-electron chi connectivity index (χ1n) is 22.9. The van der Waals surface area contributed by atoms with Crippen LogP contribution in [0.5, 0.6) is 0 Å². The van der Waals surface area contributed by atoms with Gasteiger partial charge in [0.1, 0.15) is 12.4 Å². The minimum atomic E-state index is 1.23. The van der Waals surface area contributed by atoms with Crippen molar-refractivity contribution in [2.75, 3.05) is 0 Å². The first-order chi connectivity index (χ1) is 23.8. The minimum Gasteiger partial charge on any atom is -0.234 e. The molecule has 284 valence electrons. The van der Waals surface area contributed by atoms with E-state index < -0.39 is 0 Å². The topological polar surface area (TPSA) is 8.81 Å². The van der Waals surface area contributed by atoms with Gasteiger partial charge in [0.15, 0.2) is 0 Å². The van der Waals surface area contributed by atoms with Gasteiger partial charge in [0.25, 0.3) is 5.82 Å². The van der Waals surface area contributed by atoms with Crippen molar-refractivity contribution in [2.45, 2.75) is 278 Å². The summed E-state index contributed by atoms with van der Waals surface area (Å²) in [6, 6.07) is 0. The van der Waals surface area contributed by atoms with Crippen LogP contribution in [0.4, 0.5) is 0 Å². The van der Waals surface area contributed by atoms with E-state index in [9.17, 15) is 0 Å². The summed E-state index contributed by atoms with van der Waals surface area (Å²) in [7, 11) is 0. The maximum atomic E-state index is 2.64. The number of nitrogens with zero attached hydrogens (tertiary/aromatic N) is 2. The molecule has 2 heteroatoms. The van der Waals surface area contributed by atoms with Gasteiger partial charge in [0.2, 0.25) is 0 Å². The number of unbranched alkanes of at least 4 members (excludes halogenated alkanes) is 34. The summed E-state index contributed by atoms with van der Waals surface area (Å²) >= 11 is 0. The SMILES string of the molecule is CCCCCCCCCCCCCCCCCCC[n+]1ccn(CCCCCCCCCCCCCCCC)c1CCCCCCCC. The molecule has 0 aromatic carbocycles. The summed E-state index contributed by atoms with van der Waals surface area (Å²) in [6.07, 6.45) is 59.4. The number of aromatic nitrogens is 2. The van der Waals surface area contributed by atoms with E-state index in [1.807, 2.05) is 0 Å². The lowest BCUT2D eigenvalue weighted by atomic mass is 10.0. The second-order valence-electron chi connectivity index (χ2n) is 15.9. The molecule has 1 heterocycles. The van der Waals surface area contributed by atoms with Crippen molar-refractivity contribution >= 4 is 0 Å². The second kappa shape index (κ2) is 37.5. The normalized spacial score (nSPS) is 11.6. The van der Waals surface area contributed by atoms with Crippen LogP contribution in [-0.4, -0.2) is 4.57 Å². The molecule has 0 saturated carbocycles. The highest BCUT2D eigenvalue weighted by Crippen LogP contribution is 2.16. The molecule has 0 unspecified atom stereocenters. The van der Waals surface area contributed by atoms with E-state index in [1.54, 1.807) is 5.82 Å². The highest BCUT2D eigenvalue weighted by molar-refractivity contribution is 4.84. The van der Waals surface area contributed by atoms with Gasteiger partial charge in [-0.15, -0.1) is 0 Å². The molecule has 0 amide bonds. The summed E-state index contributed by atoms with van der Waals surface area (Å²) in [5, 5.41) is 0. The van der Waals surface area contributed by atoms with Gasteiger partial charge in [-0.2, -0.15) is 0 Å². The van der Waals surface area contributed by atoms with E-state index in [0.29, 0.717) is 0 Å². The summed E-state index contributed by atoms with van der Waals surface area (Å²) in [5.41, 5.74) is 0. The molecule has 48 heavy (non-hydrogen) atoms. The largest absolute Gasteiger partial charge is 0.256 e. The zero-order valence-corrected chi connectivity index (χ0v) is 33.8. The Morgan fingerprint density at radius 3 is 1.00 bits per heavy atom. The fourth-order valence-electron chi connectivity index (χ4n) is 7.74. The van der Waals surface area contributed by atoms with Gasteiger partial charge in [0.05, 0.1) is 13.1 Å². The predicted molar refractivity (Wildman–Crippen MR) is 216 cm³/mol. The first-order valence-corrected chi connectivity index (χ1v) is 22.9. The fraction of sp³-hybridized carbons (Fsp3) is 0.935. The van der Waals surface area contributed by atoms with Crippen LogP contribution in [0, 0.1) is 0 Å². The standard InChI is InChI=1S/C46H91N2/c1-4-7-10-13-16-18-20-22-24-25-26-28-30-32-34-37-40-43-48-45-44-47(46(48)41-38-35-15-12-9-6-3)42-39-36-33-31-29-27-23-21-19-17-14-11-8-5-2/h44-45H,4-43H2,1-3H3/q+1. The van der Waals surface area contributed by atoms with Gasteiger partial charge < -0.3 is 0 Å². The summed E-state index contributed by atoms with van der Waals surface area (Å²) in [6.45, 7) is 9.41. The summed E-state index contributed by atoms with van der Waals surface area (Å²) in [4.78, 5) is 0. The zero-order valence-electron chi connectivity index (χ0n) is 33.8. The van der Waals surface area contributed by atoms with E-state index in [0.717, 1.165) is 0 Å². The summed E-state index contributed by atoms with van der Waals surface area (Å²) in [5.74, 6) is 1.62. The molecular formula is C46H91N2+. The van der Waals surface area contributed by atoms with E-state index in [1.165, 1.54) is 257 Å². The third-order valence-corrected chi connectivity index (χ3v) is 11.1. The summed E-state index contributed by atoms with van der Waals surface area (Å²) < 4.78 is 5.28. The lowest BCUT2D eigenvalue weighted by molar-refractivity contribution is -0.704. The lowest BCUT2D eigenvalue weighted by Crippen LogP contribution is -2.37. The third kappa shape index (κ3) is 29.0. The molecule has 0 bridgehead atoms. The van der Waals surface area contributed by atoms with Crippen molar-refractivity contribution in [3.05, 3.63) is 18.2 Å². The minimum absolute atomic E-state index is 1.23. The van der Waals surface area contributed by atoms with E-state index in [-0.39, 0.29) is 0 Å². The van der Waals surface area contributed by atoms with Gasteiger partial charge in [-0.1, -0.05) is 226 Å². The van der Waals surface area contributed by atoms with Gasteiger partial charge >= 0.3 is 0 Å². The second-order valence-corrected chi connectivity index (χ2v) is 15.9. The Kier molecular flexibility index (Phi) is 35.3. The number of imidazole rings is 1. The highest BCUT2D eigenvalue weighted by Gasteiger charge is 2.16. The van der Waals surface area contributed by atoms with Crippen LogP contribution in [0.3, 0.4) is 0 Å². The molecule has 0 aliphatic heterocycles. The Hall–Kier alpha value is -0.790. The lowest BCUT2D eigenvalue weighted by Gasteiger charge is -2.07. The molecule has 0 atom stereocenters. The van der Waals surface area contributed by atoms with Crippen molar-refractivity contribution < 1.29 is 4.57 Å². The Morgan fingerprint density at radius 2 is 0.646 bits per heavy atom. The Labute approximate surface area is 304 Å². The maximum absolute atomic E-state index is 2.64. The molecule has 0 spiro atoms. The van der Waals surface area contributed by atoms with E-state index in [4.69, 9.17) is 0 Å². The van der Waals surface area contributed by atoms with Crippen LogP contribution >= 0.6 is 0 Å². The monoisotopic (exact) mass is 672 g/mol. The van der Waals surface area contributed by atoms with E-state index in [2.05, 4.69) is 42.3 Å². The van der Waals surface area contributed by atoms with Crippen molar-refractivity contribution in [3.8, 4) is 0 Å². The molecule has 0 fully saturated rings. The van der Waals surface area contributed by atoms with Gasteiger partial charge in [-0.25, -0.2) is 9.13 Å². The number of rotatable bonds is 40. The smallest absolute Gasteiger partial charge is 0.234 e. The number of hydrogen-bond donors (Lipinski definition) is 0. The van der Waals surface area contributed by atoms with Crippen LogP contribution in [0.25, 0.3) is 0 Å². The molecule has 0 saturated heterocycles. The number of aryl methyl sites for hydroxylation is 2. The molecule has 2 nitrogen and oxygen atoms in total. The van der Waals surface area contributed by atoms with Crippen LogP contribution in [0.1, 0.15) is 264 Å². The Morgan fingerprint density at radius 1 is 0.354 bits per heavy atom. The van der Waals surface area contributed by atoms with Crippen molar-refractivity contribution in [3.63, 3.8) is 0 Å². The van der Waals surface area contributed by atoms with Crippen LogP contribution in [0.2, 0.25) is 0 Å². The van der Waals surface area contributed by atoms with Crippen molar-refractivity contribution in [1.82, 2.24) is 4.57 Å². The van der Waals surface area contributed by atoms with Gasteiger partial charge in [-0.05, 0) is 32.1 Å². The Bertz CT molecular complexity index is 736. The molecule has 1 rings (SSSR count). The van der Waals surface area contributed by atoms with Gasteiger partial charge in [-0.3, -0.25) is 0 Å². The molecule has 1 aromatic heterocycles. The quantitative estimate of drug-likeness (QED) is 0.0485. The van der Waals surface area contributed by atoms with Crippen LogP contribution < -0.4 is 4.57 Å². The molecule has 0 N–H and O–H groups in total. The van der Waals surface area contributed by atoms with Crippen LogP contribution in [-0.2, 0) is 19.5 Å². The van der Waals surface area contributed by atoms with Gasteiger partial charge in [0, 0.05) is 6.42 Å². The molecule has 0 radical (unpaired) electrons.